The fourth-order valence-electron chi connectivity index (χ4n) is 4.17. The van der Waals surface area contributed by atoms with Crippen LogP contribution in [0.1, 0.15) is 23.6 Å². The summed E-state index contributed by atoms with van der Waals surface area (Å²) in [5, 5.41) is 12.5. The molecule has 0 spiro atoms. The number of hydrogen-bond acceptors (Lipinski definition) is 4. The fraction of sp³-hybridized carbons (Fsp3) is 0.250. The number of halogens is 1. The number of aliphatic hydroxyl groups excluding tert-OH is 1. The van der Waals surface area contributed by atoms with E-state index in [4.69, 9.17) is 16.3 Å². The Labute approximate surface area is 185 Å². The molecule has 1 atom stereocenters. The van der Waals surface area contributed by atoms with Crippen molar-refractivity contribution in [3.8, 4) is 0 Å². The van der Waals surface area contributed by atoms with Gasteiger partial charge in [0.2, 0.25) is 0 Å². The van der Waals surface area contributed by atoms with Gasteiger partial charge in [0.05, 0.1) is 11.6 Å². The molecule has 1 aliphatic rings. The van der Waals surface area contributed by atoms with Gasteiger partial charge in [0.15, 0.2) is 0 Å². The van der Waals surface area contributed by atoms with Crippen LogP contribution in [0.2, 0.25) is 5.02 Å². The molecule has 1 saturated heterocycles. The largest absolute Gasteiger partial charge is 0.507 e. The fourth-order valence-corrected chi connectivity index (χ4v) is 4.29. The minimum atomic E-state index is -0.696. The summed E-state index contributed by atoms with van der Waals surface area (Å²) >= 11 is 5.97. The van der Waals surface area contributed by atoms with Crippen molar-refractivity contribution < 1.29 is 19.4 Å². The number of methoxy groups -OCH3 is 1. The maximum atomic E-state index is 13.1. The normalized spacial score (nSPS) is 18.3. The topological polar surface area (TPSA) is 71.8 Å². The van der Waals surface area contributed by atoms with Crippen molar-refractivity contribution in [3.05, 3.63) is 76.5 Å². The molecular formula is C24H23ClN2O4. The second-order valence-electron chi connectivity index (χ2n) is 7.56. The van der Waals surface area contributed by atoms with E-state index in [2.05, 4.69) is 0 Å². The molecule has 2 heterocycles. The number of aromatic nitrogens is 1. The highest BCUT2D eigenvalue weighted by Crippen LogP contribution is 2.42. The van der Waals surface area contributed by atoms with Gasteiger partial charge in [-0.25, -0.2) is 0 Å². The summed E-state index contributed by atoms with van der Waals surface area (Å²) in [7, 11) is 3.51. The van der Waals surface area contributed by atoms with Gasteiger partial charge in [-0.3, -0.25) is 9.59 Å². The van der Waals surface area contributed by atoms with E-state index in [1.165, 1.54) is 4.90 Å². The second kappa shape index (κ2) is 8.57. The number of rotatable bonds is 6. The van der Waals surface area contributed by atoms with Crippen LogP contribution in [0.5, 0.6) is 0 Å². The number of nitrogens with zero attached hydrogens (tertiary/aromatic N) is 2. The Hall–Kier alpha value is -3.09. The summed E-state index contributed by atoms with van der Waals surface area (Å²) in [5.74, 6) is -1.52. The van der Waals surface area contributed by atoms with Crippen molar-refractivity contribution in [1.29, 1.82) is 0 Å². The Morgan fingerprint density at radius 2 is 1.84 bits per heavy atom. The molecule has 4 rings (SSSR count). The number of amides is 1. The summed E-state index contributed by atoms with van der Waals surface area (Å²) in [6.07, 6.45) is 2.49. The number of aryl methyl sites for hydroxylation is 1. The van der Waals surface area contributed by atoms with E-state index in [1.807, 2.05) is 42.1 Å². The molecule has 0 bridgehead atoms. The Kier molecular flexibility index (Phi) is 5.85. The molecule has 0 aliphatic carbocycles. The number of benzene rings is 2. The van der Waals surface area contributed by atoms with Crippen molar-refractivity contribution in [3.63, 3.8) is 0 Å². The van der Waals surface area contributed by atoms with Gasteiger partial charge < -0.3 is 19.3 Å². The summed E-state index contributed by atoms with van der Waals surface area (Å²) in [6.45, 7) is 0.798. The Morgan fingerprint density at radius 1 is 1.13 bits per heavy atom. The zero-order valence-electron chi connectivity index (χ0n) is 17.3. The standard InChI is InChI=1S/C24H23ClN2O4/c1-26-14-18(17-6-3-4-7-19(17)26)21-20(22(28)15-8-10-16(25)11-9-15)23(29)24(30)27(21)12-5-13-31-2/h3-4,6-11,14,21,28H,5,12-13H2,1-2H3/b22-20+. The minimum absolute atomic E-state index is 0.0843. The third-order valence-electron chi connectivity index (χ3n) is 5.63. The number of carbonyl (C=O) groups is 2. The van der Waals surface area contributed by atoms with E-state index < -0.39 is 17.7 Å². The van der Waals surface area contributed by atoms with E-state index in [0.717, 1.165) is 16.5 Å². The Bertz CT molecular complexity index is 1180. The van der Waals surface area contributed by atoms with Crippen molar-refractivity contribution in [2.45, 2.75) is 12.5 Å². The Morgan fingerprint density at radius 3 is 2.55 bits per heavy atom. The molecule has 1 amide bonds. The summed E-state index contributed by atoms with van der Waals surface area (Å²) in [4.78, 5) is 27.6. The van der Waals surface area contributed by atoms with Crippen LogP contribution in [0, 0.1) is 0 Å². The molecule has 2 aromatic carbocycles. The van der Waals surface area contributed by atoms with E-state index in [9.17, 15) is 14.7 Å². The second-order valence-corrected chi connectivity index (χ2v) is 7.99. The first-order chi connectivity index (χ1) is 14.9. The number of fused-ring (bicyclic) bond motifs is 1. The Balaban J connectivity index is 1.91. The molecular weight excluding hydrogens is 416 g/mol. The van der Waals surface area contributed by atoms with Gasteiger partial charge in [0, 0.05) is 60.6 Å². The van der Waals surface area contributed by atoms with Gasteiger partial charge in [0.1, 0.15) is 5.76 Å². The highest BCUT2D eigenvalue weighted by Gasteiger charge is 2.46. The summed E-state index contributed by atoms with van der Waals surface area (Å²) < 4.78 is 7.09. The van der Waals surface area contributed by atoms with E-state index >= 15 is 0 Å². The number of ether oxygens (including phenoxy) is 1. The number of likely N-dealkylation sites (tertiary alicyclic amines) is 1. The van der Waals surface area contributed by atoms with Crippen LogP contribution in [-0.2, 0) is 21.4 Å². The van der Waals surface area contributed by atoms with Crippen LogP contribution in [0.4, 0.5) is 0 Å². The lowest BCUT2D eigenvalue weighted by Gasteiger charge is -2.24. The molecule has 7 heteroatoms. The van der Waals surface area contributed by atoms with Gasteiger partial charge in [-0.15, -0.1) is 0 Å². The van der Waals surface area contributed by atoms with Crippen LogP contribution in [0.25, 0.3) is 16.7 Å². The van der Waals surface area contributed by atoms with Gasteiger partial charge in [0.25, 0.3) is 11.7 Å². The molecule has 1 unspecified atom stereocenters. The maximum Gasteiger partial charge on any atom is 0.295 e. The van der Waals surface area contributed by atoms with Crippen molar-refractivity contribution in [2.75, 3.05) is 20.3 Å². The van der Waals surface area contributed by atoms with E-state index in [1.54, 1.807) is 31.4 Å². The quantitative estimate of drug-likeness (QED) is 0.270. The molecule has 1 aliphatic heterocycles. The van der Waals surface area contributed by atoms with Crippen LogP contribution >= 0.6 is 11.6 Å². The minimum Gasteiger partial charge on any atom is -0.507 e. The predicted octanol–water partition coefficient (Wildman–Crippen LogP) is 4.29. The lowest BCUT2D eigenvalue weighted by atomic mass is 9.95. The molecule has 31 heavy (non-hydrogen) atoms. The van der Waals surface area contributed by atoms with Crippen LogP contribution in [0.3, 0.4) is 0 Å². The number of carbonyl (C=O) groups excluding carboxylic acids is 2. The van der Waals surface area contributed by atoms with Gasteiger partial charge >= 0.3 is 0 Å². The number of Topliss-reactive ketones (excluding diaryl/α,β-unsaturated/α-hetero) is 1. The van der Waals surface area contributed by atoms with Crippen molar-refractivity contribution >= 4 is 40.0 Å². The molecule has 160 valence electrons. The molecule has 1 aromatic heterocycles. The van der Waals surface area contributed by atoms with Crippen LogP contribution in [0.15, 0.2) is 60.3 Å². The number of ketones is 1. The molecule has 1 N–H and O–H groups in total. The first-order valence-corrected chi connectivity index (χ1v) is 10.4. The van der Waals surface area contributed by atoms with Crippen LogP contribution < -0.4 is 0 Å². The lowest BCUT2D eigenvalue weighted by molar-refractivity contribution is -0.140. The average Bonchev–Trinajstić information content (AvgIpc) is 3.23. The molecule has 3 aromatic rings. The maximum absolute atomic E-state index is 13.1. The van der Waals surface area contributed by atoms with E-state index in [0.29, 0.717) is 30.2 Å². The number of para-hydroxylation sites is 1. The van der Waals surface area contributed by atoms with Gasteiger partial charge in [-0.2, -0.15) is 0 Å². The zero-order valence-corrected chi connectivity index (χ0v) is 18.1. The lowest BCUT2D eigenvalue weighted by Crippen LogP contribution is -2.31. The smallest absolute Gasteiger partial charge is 0.295 e. The molecule has 6 nitrogen and oxygen atoms in total. The first kappa shape index (κ1) is 21.2. The monoisotopic (exact) mass is 438 g/mol. The third kappa shape index (κ3) is 3.73. The number of hydrogen-bond donors (Lipinski definition) is 1. The highest BCUT2D eigenvalue weighted by atomic mass is 35.5. The van der Waals surface area contributed by atoms with Crippen molar-refractivity contribution in [2.24, 2.45) is 7.05 Å². The SMILES string of the molecule is COCCCN1C(=O)C(=O)/C(=C(/O)c2ccc(Cl)cc2)C1c1cn(C)c2ccccc12. The summed E-state index contributed by atoms with van der Waals surface area (Å²) in [6, 6.07) is 13.6. The molecule has 0 radical (unpaired) electrons. The van der Waals surface area contributed by atoms with Crippen molar-refractivity contribution in [1.82, 2.24) is 9.47 Å². The average molecular weight is 439 g/mol. The third-order valence-corrected chi connectivity index (χ3v) is 5.88. The summed E-state index contributed by atoms with van der Waals surface area (Å²) in [5.41, 5.74) is 2.29. The highest BCUT2D eigenvalue weighted by molar-refractivity contribution is 6.46. The predicted molar refractivity (Wildman–Crippen MR) is 120 cm³/mol. The first-order valence-electron chi connectivity index (χ1n) is 10.0. The van der Waals surface area contributed by atoms with Crippen LogP contribution in [-0.4, -0.2) is 46.5 Å². The van der Waals surface area contributed by atoms with Gasteiger partial charge in [-0.05, 0) is 36.8 Å². The zero-order chi connectivity index (χ0) is 22.1. The van der Waals surface area contributed by atoms with Gasteiger partial charge in [-0.1, -0.05) is 29.8 Å². The number of aliphatic hydroxyl groups is 1. The molecule has 0 saturated carbocycles. The van der Waals surface area contributed by atoms with E-state index in [-0.39, 0.29) is 11.3 Å². The molecule has 1 fully saturated rings.